The highest BCUT2D eigenvalue weighted by Crippen LogP contribution is 2.28. The molecule has 0 aliphatic rings. The van der Waals surface area contributed by atoms with Crippen molar-refractivity contribution in [1.29, 1.82) is 0 Å². The Morgan fingerprint density at radius 3 is 2.55 bits per heavy atom. The summed E-state index contributed by atoms with van der Waals surface area (Å²) in [5.74, 6) is -0.190. The van der Waals surface area contributed by atoms with Crippen LogP contribution < -0.4 is 10.9 Å². The molecule has 4 rings (SSSR count). The van der Waals surface area contributed by atoms with Crippen molar-refractivity contribution >= 4 is 22.6 Å². The number of benzene rings is 2. The number of amides is 1. The van der Waals surface area contributed by atoms with Crippen LogP contribution in [0.1, 0.15) is 31.0 Å². The van der Waals surface area contributed by atoms with Gasteiger partial charge in [0.05, 0.1) is 6.33 Å². The van der Waals surface area contributed by atoms with Crippen LogP contribution >= 0.6 is 0 Å². The largest absolute Gasteiger partial charge is 0.332 e. The lowest BCUT2D eigenvalue weighted by Crippen LogP contribution is -2.26. The van der Waals surface area contributed by atoms with Crippen LogP contribution in [-0.2, 0) is 11.3 Å². The van der Waals surface area contributed by atoms with Crippen LogP contribution in [-0.4, -0.2) is 20.0 Å². The van der Waals surface area contributed by atoms with Crippen molar-refractivity contribution in [3.8, 4) is 11.1 Å². The molecular weight excluding hydrogens is 388 g/mol. The lowest BCUT2D eigenvalue weighted by molar-refractivity contribution is -0.116. The minimum Gasteiger partial charge on any atom is -0.332 e. The van der Waals surface area contributed by atoms with Gasteiger partial charge in [0.1, 0.15) is 17.6 Å². The predicted octanol–water partition coefficient (Wildman–Crippen LogP) is 4.70. The number of carbonyl (C=O) groups is 1. The van der Waals surface area contributed by atoms with Gasteiger partial charge in [0, 0.05) is 23.5 Å². The molecule has 6 nitrogen and oxygen atoms in total. The molecule has 1 amide bonds. The van der Waals surface area contributed by atoms with Gasteiger partial charge in [-0.25, -0.2) is 4.98 Å². The average molecular weight is 415 g/mol. The molecule has 2 heterocycles. The van der Waals surface area contributed by atoms with Crippen molar-refractivity contribution < 1.29 is 4.79 Å². The number of fused-ring (bicyclic) bond motifs is 1. The number of rotatable bonds is 5. The monoisotopic (exact) mass is 414 g/mol. The molecule has 31 heavy (non-hydrogen) atoms. The SMILES string of the molecule is Cc1ccc(C)c(NC(=O)Cn2cc(-c3ccccc3)c3ncn(C(C)C)c(=O)c32)c1. The van der Waals surface area contributed by atoms with Crippen LogP contribution in [0, 0.1) is 13.8 Å². The van der Waals surface area contributed by atoms with Gasteiger partial charge >= 0.3 is 0 Å². The third-order valence-electron chi connectivity index (χ3n) is 5.42. The predicted molar refractivity (Wildman–Crippen MR) is 124 cm³/mol. The van der Waals surface area contributed by atoms with Crippen molar-refractivity contribution in [3.63, 3.8) is 0 Å². The minimum atomic E-state index is -0.190. The Kier molecular flexibility index (Phi) is 5.46. The van der Waals surface area contributed by atoms with E-state index >= 15 is 0 Å². The first-order valence-electron chi connectivity index (χ1n) is 10.4. The third kappa shape index (κ3) is 4.01. The van der Waals surface area contributed by atoms with Crippen molar-refractivity contribution in [3.05, 3.63) is 82.5 Å². The first kappa shape index (κ1) is 20.6. The van der Waals surface area contributed by atoms with Gasteiger partial charge in [-0.1, -0.05) is 42.5 Å². The molecule has 2 aromatic heterocycles. The van der Waals surface area contributed by atoms with E-state index in [1.54, 1.807) is 15.5 Å². The Labute approximate surface area is 181 Å². The number of nitrogens with one attached hydrogen (secondary N) is 1. The second-order valence-electron chi connectivity index (χ2n) is 8.15. The number of aryl methyl sites for hydroxylation is 2. The lowest BCUT2D eigenvalue weighted by Gasteiger charge is -2.12. The zero-order valence-electron chi connectivity index (χ0n) is 18.2. The van der Waals surface area contributed by atoms with E-state index in [1.807, 2.05) is 82.4 Å². The molecule has 0 saturated heterocycles. The highest BCUT2D eigenvalue weighted by molar-refractivity contribution is 5.96. The van der Waals surface area contributed by atoms with E-state index in [1.165, 1.54) is 0 Å². The Balaban J connectivity index is 1.79. The third-order valence-corrected chi connectivity index (χ3v) is 5.42. The van der Waals surface area contributed by atoms with Gasteiger partial charge in [0.15, 0.2) is 0 Å². The summed E-state index contributed by atoms with van der Waals surface area (Å²) in [6.07, 6.45) is 3.43. The molecule has 0 aliphatic heterocycles. The van der Waals surface area contributed by atoms with Gasteiger partial charge in [-0.15, -0.1) is 0 Å². The van der Waals surface area contributed by atoms with Gasteiger partial charge in [0.25, 0.3) is 5.56 Å². The summed E-state index contributed by atoms with van der Waals surface area (Å²) >= 11 is 0. The molecule has 4 aromatic rings. The number of carbonyl (C=O) groups excluding carboxylic acids is 1. The van der Waals surface area contributed by atoms with Crippen LogP contribution in [0.3, 0.4) is 0 Å². The maximum Gasteiger partial charge on any atom is 0.278 e. The Morgan fingerprint density at radius 1 is 1.10 bits per heavy atom. The summed E-state index contributed by atoms with van der Waals surface area (Å²) in [6.45, 7) is 7.84. The molecule has 0 saturated carbocycles. The summed E-state index contributed by atoms with van der Waals surface area (Å²) in [4.78, 5) is 30.7. The maximum absolute atomic E-state index is 13.2. The number of aromatic nitrogens is 3. The van der Waals surface area contributed by atoms with Crippen molar-refractivity contribution in [2.75, 3.05) is 5.32 Å². The smallest absolute Gasteiger partial charge is 0.278 e. The normalized spacial score (nSPS) is 11.3. The van der Waals surface area contributed by atoms with E-state index in [2.05, 4.69) is 10.3 Å². The fraction of sp³-hybridized carbons (Fsp3) is 0.240. The number of hydrogen-bond donors (Lipinski definition) is 1. The molecule has 158 valence electrons. The molecule has 0 fully saturated rings. The Bertz CT molecular complexity index is 1320. The Morgan fingerprint density at radius 2 is 1.84 bits per heavy atom. The highest BCUT2D eigenvalue weighted by Gasteiger charge is 2.19. The van der Waals surface area contributed by atoms with E-state index < -0.39 is 0 Å². The standard InChI is InChI=1S/C25H26N4O2/c1-16(2)29-15-26-23-20(19-8-6-5-7-9-19)13-28(24(23)25(29)31)14-22(30)27-21-12-17(3)10-11-18(21)4/h5-13,15-16H,14H2,1-4H3,(H,27,30). The van der Waals surface area contributed by atoms with E-state index in [0.717, 1.165) is 27.9 Å². The van der Waals surface area contributed by atoms with Crippen LogP contribution in [0.2, 0.25) is 0 Å². The van der Waals surface area contributed by atoms with E-state index in [4.69, 9.17) is 0 Å². The lowest BCUT2D eigenvalue weighted by atomic mass is 10.1. The number of nitrogens with zero attached hydrogens (tertiary/aromatic N) is 3. The van der Waals surface area contributed by atoms with Gasteiger partial charge in [-0.3, -0.25) is 14.2 Å². The van der Waals surface area contributed by atoms with Gasteiger partial charge in [-0.05, 0) is 50.5 Å². The second-order valence-corrected chi connectivity index (χ2v) is 8.15. The molecule has 0 aliphatic carbocycles. The molecule has 0 bridgehead atoms. The van der Waals surface area contributed by atoms with Crippen molar-refractivity contribution in [2.45, 2.75) is 40.3 Å². The fourth-order valence-electron chi connectivity index (χ4n) is 3.73. The van der Waals surface area contributed by atoms with Crippen molar-refractivity contribution in [1.82, 2.24) is 14.1 Å². The van der Waals surface area contributed by atoms with Gasteiger partial charge in [-0.2, -0.15) is 0 Å². The quantitative estimate of drug-likeness (QED) is 0.515. The van der Waals surface area contributed by atoms with Gasteiger partial charge in [0.2, 0.25) is 5.91 Å². The summed E-state index contributed by atoms with van der Waals surface area (Å²) in [5, 5.41) is 2.98. The first-order valence-corrected chi connectivity index (χ1v) is 10.4. The van der Waals surface area contributed by atoms with E-state index in [-0.39, 0.29) is 24.1 Å². The first-order chi connectivity index (χ1) is 14.8. The molecule has 6 heteroatoms. The van der Waals surface area contributed by atoms with Crippen LogP contribution in [0.15, 0.2) is 65.8 Å². The Hall–Kier alpha value is -3.67. The maximum atomic E-state index is 13.2. The molecular formula is C25H26N4O2. The summed E-state index contributed by atoms with van der Waals surface area (Å²) in [7, 11) is 0. The van der Waals surface area contributed by atoms with Crippen LogP contribution in [0.5, 0.6) is 0 Å². The average Bonchev–Trinajstić information content (AvgIpc) is 3.10. The van der Waals surface area contributed by atoms with E-state index in [9.17, 15) is 9.59 Å². The molecule has 0 radical (unpaired) electrons. The molecule has 1 N–H and O–H groups in total. The van der Waals surface area contributed by atoms with Crippen LogP contribution in [0.4, 0.5) is 5.69 Å². The summed E-state index contributed by atoms with van der Waals surface area (Å²) in [5.41, 5.74) is 5.52. The van der Waals surface area contributed by atoms with E-state index in [0.29, 0.717) is 11.0 Å². The zero-order chi connectivity index (χ0) is 22.1. The fourth-order valence-corrected chi connectivity index (χ4v) is 3.73. The topological polar surface area (TPSA) is 68.9 Å². The zero-order valence-corrected chi connectivity index (χ0v) is 18.2. The minimum absolute atomic E-state index is 0.0236. The van der Waals surface area contributed by atoms with Crippen molar-refractivity contribution in [2.24, 2.45) is 0 Å². The molecule has 0 unspecified atom stereocenters. The summed E-state index contributed by atoms with van der Waals surface area (Å²) in [6, 6.07) is 15.7. The molecule has 0 spiro atoms. The highest BCUT2D eigenvalue weighted by atomic mass is 16.2. The molecule has 2 aromatic carbocycles. The number of hydrogen-bond acceptors (Lipinski definition) is 3. The second kappa shape index (κ2) is 8.22. The number of anilines is 1. The van der Waals surface area contributed by atoms with Gasteiger partial charge < -0.3 is 9.88 Å². The molecule has 0 atom stereocenters. The van der Waals surface area contributed by atoms with Crippen LogP contribution in [0.25, 0.3) is 22.2 Å². The summed E-state index contributed by atoms with van der Waals surface area (Å²) < 4.78 is 3.31.